The summed E-state index contributed by atoms with van der Waals surface area (Å²) in [4.78, 5) is 40.1. The van der Waals surface area contributed by atoms with Crippen molar-refractivity contribution < 1.29 is 14.3 Å². The molecule has 8 nitrogen and oxygen atoms in total. The third-order valence-corrected chi connectivity index (χ3v) is 5.27. The maximum atomic E-state index is 13.1. The Morgan fingerprint density at radius 1 is 1.23 bits per heavy atom. The standard InChI is InChI=1S/C21H17BrN4O4/c1-30-18(27)10-16(12-5-4-6-13(22)9-12)24-21(29)15-11-23-26-17-8-3-2-7-14(17)20(28)25-19(15)26/h2-9,11,16H,10H2,1H3,(H,24,29)(H,25,28). The molecule has 0 fully saturated rings. The first-order chi connectivity index (χ1) is 14.5. The van der Waals surface area contributed by atoms with Crippen molar-refractivity contribution in [3.8, 4) is 0 Å². The molecule has 0 radical (unpaired) electrons. The van der Waals surface area contributed by atoms with Crippen molar-refractivity contribution in [2.75, 3.05) is 7.11 Å². The van der Waals surface area contributed by atoms with Gasteiger partial charge in [-0.1, -0.05) is 40.2 Å². The molecule has 0 bridgehead atoms. The van der Waals surface area contributed by atoms with E-state index in [9.17, 15) is 14.4 Å². The number of carbonyl (C=O) groups is 2. The molecule has 30 heavy (non-hydrogen) atoms. The molecule has 4 rings (SSSR count). The fourth-order valence-corrected chi connectivity index (χ4v) is 3.72. The number of nitrogens with zero attached hydrogens (tertiary/aromatic N) is 2. The van der Waals surface area contributed by atoms with Gasteiger partial charge in [-0.2, -0.15) is 5.10 Å². The van der Waals surface area contributed by atoms with Crippen LogP contribution < -0.4 is 10.9 Å². The van der Waals surface area contributed by atoms with Gasteiger partial charge < -0.3 is 15.0 Å². The zero-order chi connectivity index (χ0) is 21.3. The van der Waals surface area contributed by atoms with E-state index < -0.39 is 17.9 Å². The monoisotopic (exact) mass is 468 g/mol. The van der Waals surface area contributed by atoms with Crippen LogP contribution in [-0.4, -0.2) is 33.6 Å². The van der Waals surface area contributed by atoms with Crippen molar-refractivity contribution in [2.45, 2.75) is 12.5 Å². The maximum absolute atomic E-state index is 13.1. The first kappa shape index (κ1) is 19.8. The summed E-state index contributed by atoms with van der Waals surface area (Å²) in [6.45, 7) is 0. The Morgan fingerprint density at radius 3 is 2.80 bits per heavy atom. The molecule has 4 aromatic rings. The van der Waals surface area contributed by atoms with Gasteiger partial charge in [0.15, 0.2) is 0 Å². The van der Waals surface area contributed by atoms with Crippen LogP contribution >= 0.6 is 15.9 Å². The lowest BCUT2D eigenvalue weighted by molar-refractivity contribution is -0.141. The normalized spacial score (nSPS) is 12.1. The van der Waals surface area contributed by atoms with Crippen LogP contribution in [0.2, 0.25) is 0 Å². The summed E-state index contributed by atoms with van der Waals surface area (Å²) in [5.41, 5.74) is 1.49. The number of methoxy groups -OCH3 is 1. The molecule has 2 heterocycles. The summed E-state index contributed by atoms with van der Waals surface area (Å²) in [6.07, 6.45) is 1.35. The summed E-state index contributed by atoms with van der Waals surface area (Å²) >= 11 is 3.40. The first-order valence-corrected chi connectivity index (χ1v) is 9.89. The number of hydrogen-bond donors (Lipinski definition) is 2. The molecule has 0 saturated heterocycles. The zero-order valence-electron chi connectivity index (χ0n) is 15.9. The van der Waals surface area contributed by atoms with E-state index in [-0.39, 0.29) is 23.2 Å². The van der Waals surface area contributed by atoms with Gasteiger partial charge in [0.25, 0.3) is 11.5 Å². The van der Waals surface area contributed by atoms with Crippen molar-refractivity contribution in [1.29, 1.82) is 0 Å². The predicted molar refractivity (Wildman–Crippen MR) is 114 cm³/mol. The number of esters is 1. The largest absolute Gasteiger partial charge is 0.469 e. The number of para-hydroxylation sites is 1. The van der Waals surface area contributed by atoms with Crippen LogP contribution in [0.25, 0.3) is 16.6 Å². The number of amides is 1. The molecule has 0 aliphatic carbocycles. The molecule has 2 N–H and O–H groups in total. The highest BCUT2D eigenvalue weighted by Gasteiger charge is 2.23. The molecule has 0 saturated carbocycles. The SMILES string of the molecule is COC(=O)CC(NC(=O)c1cnn2c1[nH]c(=O)c1ccccc12)c1cccc(Br)c1. The predicted octanol–water partition coefficient (Wildman–Crippen LogP) is 2.97. The van der Waals surface area contributed by atoms with Gasteiger partial charge in [-0.25, -0.2) is 4.52 Å². The van der Waals surface area contributed by atoms with Crippen LogP contribution in [-0.2, 0) is 9.53 Å². The topological polar surface area (TPSA) is 106 Å². The number of ether oxygens (including phenoxy) is 1. The number of nitrogens with one attached hydrogen (secondary N) is 2. The van der Waals surface area contributed by atoms with Crippen molar-refractivity contribution in [3.63, 3.8) is 0 Å². The fraction of sp³-hybridized carbons (Fsp3) is 0.143. The highest BCUT2D eigenvalue weighted by molar-refractivity contribution is 9.10. The van der Waals surface area contributed by atoms with E-state index in [2.05, 4.69) is 31.3 Å². The molecule has 0 aliphatic rings. The lowest BCUT2D eigenvalue weighted by Gasteiger charge is -2.18. The van der Waals surface area contributed by atoms with E-state index in [0.29, 0.717) is 10.9 Å². The van der Waals surface area contributed by atoms with Gasteiger partial charge in [-0.3, -0.25) is 14.4 Å². The third-order valence-electron chi connectivity index (χ3n) is 4.78. The van der Waals surface area contributed by atoms with Gasteiger partial charge in [0.05, 0.1) is 36.7 Å². The molecule has 0 spiro atoms. The van der Waals surface area contributed by atoms with E-state index in [0.717, 1.165) is 10.0 Å². The molecule has 1 atom stereocenters. The maximum Gasteiger partial charge on any atom is 0.307 e. The van der Waals surface area contributed by atoms with Gasteiger partial charge in [-0.05, 0) is 29.8 Å². The number of fused-ring (bicyclic) bond motifs is 3. The van der Waals surface area contributed by atoms with Crippen LogP contribution in [0, 0.1) is 0 Å². The van der Waals surface area contributed by atoms with Crippen LogP contribution in [0.1, 0.15) is 28.4 Å². The van der Waals surface area contributed by atoms with Crippen LogP contribution in [0.4, 0.5) is 0 Å². The molecule has 1 unspecified atom stereocenters. The number of aromatic amines is 1. The highest BCUT2D eigenvalue weighted by atomic mass is 79.9. The van der Waals surface area contributed by atoms with E-state index in [1.54, 1.807) is 24.3 Å². The van der Waals surface area contributed by atoms with Gasteiger partial charge in [0.1, 0.15) is 11.2 Å². The van der Waals surface area contributed by atoms with Gasteiger partial charge in [0.2, 0.25) is 0 Å². The van der Waals surface area contributed by atoms with E-state index >= 15 is 0 Å². The number of rotatable bonds is 5. The fourth-order valence-electron chi connectivity index (χ4n) is 3.30. The van der Waals surface area contributed by atoms with E-state index in [1.165, 1.54) is 17.8 Å². The smallest absolute Gasteiger partial charge is 0.307 e. The Balaban J connectivity index is 1.73. The summed E-state index contributed by atoms with van der Waals surface area (Å²) in [5, 5.41) is 7.59. The van der Waals surface area contributed by atoms with Gasteiger partial charge in [-0.15, -0.1) is 0 Å². The number of halogens is 1. The first-order valence-electron chi connectivity index (χ1n) is 9.10. The van der Waals surface area contributed by atoms with E-state index in [1.807, 2.05) is 24.3 Å². The molecule has 2 aromatic heterocycles. The molecule has 0 aliphatic heterocycles. The Bertz CT molecular complexity index is 1330. The Hall–Kier alpha value is -3.46. The second-order valence-electron chi connectivity index (χ2n) is 6.65. The number of aromatic nitrogens is 3. The molecule has 9 heteroatoms. The summed E-state index contributed by atoms with van der Waals surface area (Å²) in [7, 11) is 1.29. The number of hydrogen-bond acceptors (Lipinski definition) is 5. The zero-order valence-corrected chi connectivity index (χ0v) is 17.5. The lowest BCUT2D eigenvalue weighted by atomic mass is 10.0. The second kappa shape index (κ2) is 8.11. The molecule has 2 aromatic carbocycles. The number of benzene rings is 2. The quantitative estimate of drug-likeness (QED) is 0.438. The van der Waals surface area contributed by atoms with Crippen molar-refractivity contribution >= 4 is 44.4 Å². The minimum atomic E-state index is -0.621. The summed E-state index contributed by atoms with van der Waals surface area (Å²) in [6, 6.07) is 13.7. The third kappa shape index (κ3) is 3.71. The van der Waals surface area contributed by atoms with Crippen LogP contribution in [0.5, 0.6) is 0 Å². The van der Waals surface area contributed by atoms with Crippen molar-refractivity contribution in [3.05, 3.63) is 80.7 Å². The number of carbonyl (C=O) groups excluding carboxylic acids is 2. The van der Waals surface area contributed by atoms with Crippen molar-refractivity contribution in [1.82, 2.24) is 19.9 Å². The Kier molecular flexibility index (Phi) is 5.37. The lowest BCUT2D eigenvalue weighted by Crippen LogP contribution is -2.30. The van der Waals surface area contributed by atoms with Crippen molar-refractivity contribution in [2.24, 2.45) is 0 Å². The molecular weight excluding hydrogens is 452 g/mol. The number of H-pyrrole nitrogens is 1. The highest BCUT2D eigenvalue weighted by Crippen LogP contribution is 2.23. The van der Waals surface area contributed by atoms with Gasteiger partial charge in [0, 0.05) is 4.47 Å². The Labute approximate surface area is 179 Å². The van der Waals surface area contributed by atoms with Crippen LogP contribution in [0.15, 0.2) is 64.0 Å². The van der Waals surface area contributed by atoms with E-state index in [4.69, 9.17) is 4.74 Å². The average molecular weight is 469 g/mol. The average Bonchev–Trinajstić information content (AvgIpc) is 3.17. The Morgan fingerprint density at radius 2 is 2.03 bits per heavy atom. The summed E-state index contributed by atoms with van der Waals surface area (Å²) in [5.74, 6) is -0.927. The van der Waals surface area contributed by atoms with Gasteiger partial charge >= 0.3 is 5.97 Å². The minimum absolute atomic E-state index is 0.0443. The molecule has 1 amide bonds. The molecule has 152 valence electrons. The minimum Gasteiger partial charge on any atom is -0.469 e. The second-order valence-corrected chi connectivity index (χ2v) is 7.57. The van der Waals surface area contributed by atoms with Crippen LogP contribution in [0.3, 0.4) is 0 Å². The summed E-state index contributed by atoms with van der Waals surface area (Å²) < 4.78 is 7.10. The molecular formula is C21H17BrN4O4.